The van der Waals surface area contributed by atoms with Crippen molar-refractivity contribution in [3.05, 3.63) is 59.9 Å². The summed E-state index contributed by atoms with van der Waals surface area (Å²) in [5.74, 6) is 1.43. The molecule has 0 radical (unpaired) electrons. The van der Waals surface area contributed by atoms with Crippen LogP contribution in [0.5, 0.6) is 0 Å². The van der Waals surface area contributed by atoms with Crippen molar-refractivity contribution in [3.8, 4) is 0 Å². The van der Waals surface area contributed by atoms with E-state index in [9.17, 15) is 4.79 Å². The van der Waals surface area contributed by atoms with Crippen molar-refractivity contribution >= 4 is 39.5 Å². The van der Waals surface area contributed by atoms with Crippen LogP contribution in [0.1, 0.15) is 31.2 Å². The van der Waals surface area contributed by atoms with Gasteiger partial charge in [-0.15, -0.1) is 0 Å². The first-order chi connectivity index (χ1) is 14.1. The van der Waals surface area contributed by atoms with E-state index in [0.29, 0.717) is 18.1 Å². The van der Waals surface area contributed by atoms with Gasteiger partial charge in [-0.05, 0) is 30.2 Å². The van der Waals surface area contributed by atoms with E-state index in [4.69, 9.17) is 15.8 Å². The number of nitrogen functional groups attached to an aromatic ring is 1. The van der Waals surface area contributed by atoms with Crippen LogP contribution in [0.15, 0.2) is 48.5 Å². The third-order valence-electron chi connectivity index (χ3n) is 4.99. The molecule has 0 unspecified atom stereocenters. The maximum absolute atomic E-state index is 10.8. The quantitative estimate of drug-likeness (QED) is 0.445. The number of carboxylic acid groups (broad SMARTS) is 1. The van der Waals surface area contributed by atoms with Gasteiger partial charge in [0.1, 0.15) is 11.3 Å². The van der Waals surface area contributed by atoms with Gasteiger partial charge in [0.05, 0.1) is 11.0 Å². The molecule has 0 bridgehead atoms. The van der Waals surface area contributed by atoms with Gasteiger partial charge in [-0.25, -0.2) is 14.8 Å². The summed E-state index contributed by atoms with van der Waals surface area (Å²) < 4.78 is 2.21. The van der Waals surface area contributed by atoms with Crippen LogP contribution in [0.4, 0.5) is 16.3 Å². The number of aryl methyl sites for hydroxylation is 1. The third-order valence-corrected chi connectivity index (χ3v) is 4.99. The fraction of sp³-hybridized carbons (Fsp3) is 0.227. The van der Waals surface area contributed by atoms with Gasteiger partial charge in [0.15, 0.2) is 5.82 Å². The van der Waals surface area contributed by atoms with Crippen LogP contribution in [0, 0.1) is 0 Å². The number of fused-ring (bicyclic) bond motifs is 3. The number of nitrogens with two attached hydrogens (primary N) is 1. The first kappa shape index (κ1) is 18.7. The summed E-state index contributed by atoms with van der Waals surface area (Å²) >= 11 is 0. The number of para-hydroxylation sites is 1. The molecule has 0 saturated heterocycles. The number of rotatable bonds is 6. The molecule has 7 nitrogen and oxygen atoms in total. The lowest BCUT2D eigenvalue weighted by Crippen LogP contribution is -2.08. The highest BCUT2D eigenvalue weighted by molar-refractivity contribution is 6.06. The molecule has 0 saturated carbocycles. The standard InChI is InChI=1S/C22H23N5O2/c1-2-3-8-18-26-19-20(16-6-4-5-7-17(16)25-21(19)23)27(18)13-14-9-11-15(12-10-14)24-22(28)29/h4-7,9-12,24H,2-3,8,13H2,1H3,(H2,23,25)(H,28,29). The summed E-state index contributed by atoms with van der Waals surface area (Å²) in [6.07, 6.45) is 1.90. The molecular weight excluding hydrogens is 366 g/mol. The lowest BCUT2D eigenvalue weighted by molar-refractivity contribution is 0.210. The van der Waals surface area contributed by atoms with E-state index >= 15 is 0 Å². The van der Waals surface area contributed by atoms with E-state index in [1.54, 1.807) is 12.1 Å². The summed E-state index contributed by atoms with van der Waals surface area (Å²) in [5.41, 5.74) is 10.4. The minimum absolute atomic E-state index is 0.441. The van der Waals surface area contributed by atoms with Crippen LogP contribution in [0.3, 0.4) is 0 Å². The lowest BCUT2D eigenvalue weighted by Gasteiger charge is -2.12. The minimum atomic E-state index is -1.07. The van der Waals surface area contributed by atoms with Gasteiger partial charge >= 0.3 is 6.09 Å². The molecule has 7 heteroatoms. The highest BCUT2D eigenvalue weighted by Crippen LogP contribution is 2.30. The Bertz CT molecular complexity index is 1180. The average Bonchev–Trinajstić information content (AvgIpc) is 3.07. The number of unbranched alkanes of at least 4 members (excludes halogenated alkanes) is 1. The monoisotopic (exact) mass is 389 g/mol. The van der Waals surface area contributed by atoms with Crippen molar-refractivity contribution in [2.75, 3.05) is 11.1 Å². The summed E-state index contributed by atoms with van der Waals surface area (Å²) in [6, 6.07) is 15.3. The Morgan fingerprint density at radius 2 is 1.90 bits per heavy atom. The van der Waals surface area contributed by atoms with Crippen LogP contribution >= 0.6 is 0 Å². The number of hydrogen-bond donors (Lipinski definition) is 3. The topological polar surface area (TPSA) is 106 Å². The van der Waals surface area contributed by atoms with Crippen LogP contribution in [0.2, 0.25) is 0 Å². The summed E-state index contributed by atoms with van der Waals surface area (Å²) in [7, 11) is 0. The molecule has 2 aromatic heterocycles. The van der Waals surface area contributed by atoms with Crippen molar-refractivity contribution < 1.29 is 9.90 Å². The molecule has 0 aliphatic rings. The Morgan fingerprint density at radius 3 is 2.62 bits per heavy atom. The number of amides is 1. The minimum Gasteiger partial charge on any atom is -0.465 e. The highest BCUT2D eigenvalue weighted by atomic mass is 16.4. The van der Waals surface area contributed by atoms with Gasteiger partial charge < -0.3 is 15.4 Å². The number of benzene rings is 2. The van der Waals surface area contributed by atoms with Crippen molar-refractivity contribution in [1.82, 2.24) is 14.5 Å². The molecule has 0 spiro atoms. The van der Waals surface area contributed by atoms with Gasteiger partial charge in [-0.3, -0.25) is 5.32 Å². The zero-order chi connectivity index (χ0) is 20.4. The molecule has 148 valence electrons. The maximum Gasteiger partial charge on any atom is 0.409 e. The van der Waals surface area contributed by atoms with Crippen LogP contribution in [-0.4, -0.2) is 25.7 Å². The second-order valence-corrected chi connectivity index (χ2v) is 7.06. The smallest absolute Gasteiger partial charge is 0.409 e. The van der Waals surface area contributed by atoms with Gasteiger partial charge in [0.25, 0.3) is 0 Å². The first-order valence-electron chi connectivity index (χ1n) is 9.69. The molecule has 0 aliphatic heterocycles. The second kappa shape index (κ2) is 7.79. The van der Waals surface area contributed by atoms with Gasteiger partial charge in [0.2, 0.25) is 0 Å². The van der Waals surface area contributed by atoms with Crippen LogP contribution < -0.4 is 11.1 Å². The van der Waals surface area contributed by atoms with Crippen molar-refractivity contribution in [3.63, 3.8) is 0 Å². The largest absolute Gasteiger partial charge is 0.465 e. The molecule has 0 fully saturated rings. The Balaban J connectivity index is 1.83. The number of nitrogens with one attached hydrogen (secondary N) is 1. The summed E-state index contributed by atoms with van der Waals surface area (Å²) in [4.78, 5) is 20.2. The van der Waals surface area contributed by atoms with E-state index in [-0.39, 0.29) is 0 Å². The Hall–Kier alpha value is -3.61. The third kappa shape index (κ3) is 3.71. The molecule has 4 aromatic rings. The average molecular weight is 389 g/mol. The molecule has 1 amide bonds. The van der Waals surface area contributed by atoms with E-state index in [2.05, 4.69) is 21.8 Å². The van der Waals surface area contributed by atoms with Crippen molar-refractivity contribution in [2.45, 2.75) is 32.7 Å². The fourth-order valence-corrected chi connectivity index (χ4v) is 3.60. The number of aromatic nitrogens is 3. The van der Waals surface area contributed by atoms with Crippen molar-refractivity contribution in [2.24, 2.45) is 0 Å². The number of imidazole rings is 1. The van der Waals surface area contributed by atoms with E-state index in [0.717, 1.165) is 52.6 Å². The molecule has 4 N–H and O–H groups in total. The van der Waals surface area contributed by atoms with E-state index < -0.39 is 6.09 Å². The normalized spacial score (nSPS) is 11.2. The zero-order valence-electron chi connectivity index (χ0n) is 16.2. The molecule has 4 rings (SSSR count). The van der Waals surface area contributed by atoms with Gasteiger partial charge in [-0.1, -0.05) is 43.7 Å². The first-order valence-corrected chi connectivity index (χ1v) is 9.69. The number of carbonyl (C=O) groups is 1. The van der Waals surface area contributed by atoms with E-state index in [1.165, 1.54) is 0 Å². The Kier molecular flexibility index (Phi) is 5.03. The SMILES string of the molecule is CCCCc1nc2c(N)nc3ccccc3c2n1Cc1ccc(NC(=O)O)cc1. The predicted molar refractivity (Wildman–Crippen MR) is 115 cm³/mol. The molecule has 2 heterocycles. The number of nitrogens with zero attached hydrogens (tertiary/aromatic N) is 3. The van der Waals surface area contributed by atoms with E-state index in [1.807, 2.05) is 36.4 Å². The van der Waals surface area contributed by atoms with Crippen LogP contribution in [0.25, 0.3) is 21.9 Å². The molecule has 0 atom stereocenters. The number of anilines is 2. The second-order valence-electron chi connectivity index (χ2n) is 7.06. The van der Waals surface area contributed by atoms with Crippen molar-refractivity contribution in [1.29, 1.82) is 0 Å². The van der Waals surface area contributed by atoms with Gasteiger partial charge in [-0.2, -0.15) is 0 Å². The molecule has 0 aliphatic carbocycles. The molecule has 2 aromatic carbocycles. The number of pyridine rings is 1. The molecule has 29 heavy (non-hydrogen) atoms. The summed E-state index contributed by atoms with van der Waals surface area (Å²) in [5, 5.41) is 12.3. The zero-order valence-corrected chi connectivity index (χ0v) is 16.2. The van der Waals surface area contributed by atoms with Gasteiger partial charge in [0, 0.05) is 24.0 Å². The molecular formula is C22H23N5O2. The Morgan fingerprint density at radius 1 is 1.14 bits per heavy atom. The number of hydrogen-bond acceptors (Lipinski definition) is 4. The van der Waals surface area contributed by atoms with Crippen LogP contribution in [-0.2, 0) is 13.0 Å². The maximum atomic E-state index is 10.8. The predicted octanol–water partition coefficient (Wildman–Crippen LogP) is 4.65. The summed E-state index contributed by atoms with van der Waals surface area (Å²) in [6.45, 7) is 2.78. The highest BCUT2D eigenvalue weighted by Gasteiger charge is 2.17. The lowest BCUT2D eigenvalue weighted by atomic mass is 10.1. The Labute approximate surface area is 168 Å². The fourth-order valence-electron chi connectivity index (χ4n) is 3.60.